The molecule has 0 fully saturated rings. The van der Waals surface area contributed by atoms with Crippen molar-refractivity contribution in [3.63, 3.8) is 0 Å². The van der Waals surface area contributed by atoms with Crippen molar-refractivity contribution >= 4 is 22.0 Å². The van der Waals surface area contributed by atoms with E-state index >= 15 is 0 Å². The Balaban J connectivity index is 2.55. The first-order valence-corrected chi connectivity index (χ1v) is 10.5. The van der Waals surface area contributed by atoms with Crippen LogP contribution in [0.2, 0.25) is 0 Å². The Kier molecular flexibility index (Phi) is 7.58. The molecule has 0 aliphatic heterocycles. The highest BCUT2D eigenvalue weighted by Gasteiger charge is 2.33. The van der Waals surface area contributed by atoms with Gasteiger partial charge in [0.2, 0.25) is 10.0 Å². The van der Waals surface area contributed by atoms with Crippen LogP contribution >= 0.6 is 0 Å². The van der Waals surface area contributed by atoms with Crippen molar-refractivity contribution in [1.29, 1.82) is 0 Å². The molecule has 2 rings (SSSR count). The molecule has 1 atom stereocenters. The molecule has 0 aromatic heterocycles. The number of esters is 2. The van der Waals surface area contributed by atoms with Crippen molar-refractivity contribution in [3.8, 4) is 5.75 Å². The second-order valence-electron chi connectivity index (χ2n) is 6.57. The van der Waals surface area contributed by atoms with Gasteiger partial charge in [-0.2, -0.15) is 4.31 Å². The van der Waals surface area contributed by atoms with E-state index in [0.29, 0.717) is 11.3 Å². The largest absolute Gasteiger partial charge is 0.496 e. The number of ether oxygens (including phenoxy) is 3. The molecule has 0 spiro atoms. The summed E-state index contributed by atoms with van der Waals surface area (Å²) in [5.41, 5.74) is 1.53. The van der Waals surface area contributed by atoms with Gasteiger partial charge in [0.15, 0.2) is 0 Å². The lowest BCUT2D eigenvalue weighted by Crippen LogP contribution is -2.38. The normalized spacial score (nSPS) is 12.3. The summed E-state index contributed by atoms with van der Waals surface area (Å²) in [4.78, 5) is 24.1. The Morgan fingerprint density at radius 2 is 1.63 bits per heavy atom. The third-order valence-corrected chi connectivity index (χ3v) is 6.61. The number of rotatable bonds is 8. The molecular formula is C21H25NO7S. The number of sulfonamides is 1. The maximum Gasteiger partial charge on any atom is 0.341 e. The minimum Gasteiger partial charge on any atom is -0.496 e. The number of benzene rings is 2. The van der Waals surface area contributed by atoms with E-state index in [1.54, 1.807) is 31.2 Å². The van der Waals surface area contributed by atoms with E-state index in [1.165, 1.54) is 39.5 Å². The fourth-order valence-electron chi connectivity index (χ4n) is 2.89. The number of hydrogen-bond donors (Lipinski definition) is 0. The molecule has 0 radical (unpaired) electrons. The SMILES string of the molecule is COC(=O)CN(C(C)c1ccc(OC)c(C(=O)OC)c1)S(=O)(=O)c1ccc(C)cc1. The Labute approximate surface area is 176 Å². The van der Waals surface area contributed by atoms with E-state index in [2.05, 4.69) is 0 Å². The number of hydrogen-bond acceptors (Lipinski definition) is 7. The average Bonchev–Trinajstić information content (AvgIpc) is 2.75. The second kappa shape index (κ2) is 9.73. The summed E-state index contributed by atoms with van der Waals surface area (Å²) < 4.78 is 42.3. The van der Waals surface area contributed by atoms with Crippen LogP contribution in [0.3, 0.4) is 0 Å². The Morgan fingerprint density at radius 1 is 1.00 bits per heavy atom. The van der Waals surface area contributed by atoms with Crippen molar-refractivity contribution in [2.45, 2.75) is 24.8 Å². The molecule has 0 aliphatic carbocycles. The molecule has 30 heavy (non-hydrogen) atoms. The lowest BCUT2D eigenvalue weighted by atomic mass is 10.0. The maximum absolute atomic E-state index is 13.3. The number of carbonyl (C=O) groups is 2. The number of aryl methyl sites for hydroxylation is 1. The zero-order chi connectivity index (χ0) is 22.5. The molecule has 0 aliphatic rings. The van der Waals surface area contributed by atoms with Crippen LogP contribution in [0.5, 0.6) is 5.75 Å². The maximum atomic E-state index is 13.3. The smallest absolute Gasteiger partial charge is 0.341 e. The van der Waals surface area contributed by atoms with Crippen molar-refractivity contribution in [3.05, 3.63) is 59.2 Å². The molecule has 2 aromatic rings. The van der Waals surface area contributed by atoms with Crippen LogP contribution in [0.25, 0.3) is 0 Å². The predicted octanol–water partition coefficient (Wildman–Crippen LogP) is 2.72. The highest BCUT2D eigenvalue weighted by molar-refractivity contribution is 7.89. The molecule has 8 nitrogen and oxygen atoms in total. The van der Waals surface area contributed by atoms with Gasteiger partial charge in [-0.15, -0.1) is 0 Å². The zero-order valence-electron chi connectivity index (χ0n) is 17.5. The van der Waals surface area contributed by atoms with Gasteiger partial charge < -0.3 is 14.2 Å². The van der Waals surface area contributed by atoms with Crippen molar-refractivity contribution in [2.75, 3.05) is 27.9 Å². The topological polar surface area (TPSA) is 99.2 Å². The molecule has 0 N–H and O–H groups in total. The second-order valence-corrected chi connectivity index (χ2v) is 8.46. The fraction of sp³-hybridized carbons (Fsp3) is 0.333. The number of nitrogens with zero attached hydrogens (tertiary/aromatic N) is 1. The molecule has 1 unspecified atom stereocenters. The van der Waals surface area contributed by atoms with Crippen LogP contribution in [0, 0.1) is 6.92 Å². The molecule has 0 saturated carbocycles. The zero-order valence-corrected chi connectivity index (χ0v) is 18.4. The minimum absolute atomic E-state index is 0.0468. The highest BCUT2D eigenvalue weighted by Crippen LogP contribution is 2.31. The molecule has 0 heterocycles. The first kappa shape index (κ1) is 23.4. The van der Waals surface area contributed by atoms with Gasteiger partial charge in [0.25, 0.3) is 0 Å². The van der Waals surface area contributed by atoms with Crippen molar-refractivity contribution in [1.82, 2.24) is 4.31 Å². The fourth-order valence-corrected chi connectivity index (χ4v) is 4.45. The Hall–Kier alpha value is -2.91. The number of carbonyl (C=O) groups excluding carboxylic acids is 2. The van der Waals surface area contributed by atoms with Crippen molar-refractivity contribution in [2.24, 2.45) is 0 Å². The van der Waals surface area contributed by atoms with E-state index in [0.717, 1.165) is 9.87 Å². The van der Waals surface area contributed by atoms with Gasteiger partial charge in [0.1, 0.15) is 17.9 Å². The lowest BCUT2D eigenvalue weighted by molar-refractivity contribution is -0.141. The standard InChI is InChI=1S/C21H25NO7S/c1-14-6-9-17(10-7-14)30(25,26)22(13-20(23)28-4)15(2)16-8-11-19(27-3)18(12-16)21(24)29-5/h6-12,15H,13H2,1-5H3. The molecule has 0 saturated heterocycles. The minimum atomic E-state index is -4.04. The predicted molar refractivity (Wildman–Crippen MR) is 110 cm³/mol. The van der Waals surface area contributed by atoms with Crippen LogP contribution < -0.4 is 4.74 Å². The van der Waals surface area contributed by atoms with Crippen molar-refractivity contribution < 1.29 is 32.2 Å². The van der Waals surface area contributed by atoms with E-state index in [4.69, 9.17) is 14.2 Å². The summed E-state index contributed by atoms with van der Waals surface area (Å²) in [5.74, 6) is -1.04. The monoisotopic (exact) mass is 435 g/mol. The van der Waals surface area contributed by atoms with E-state index < -0.39 is 34.5 Å². The first-order chi connectivity index (χ1) is 14.1. The molecule has 162 valence electrons. The molecule has 2 aromatic carbocycles. The van der Waals surface area contributed by atoms with Crippen LogP contribution in [0.1, 0.15) is 34.5 Å². The Bertz CT molecular complexity index is 1020. The summed E-state index contributed by atoms with van der Waals surface area (Å²) in [6, 6.07) is 10.2. The van der Waals surface area contributed by atoms with E-state index in [1.807, 2.05) is 6.92 Å². The summed E-state index contributed by atoms with van der Waals surface area (Å²) in [7, 11) is -0.200. The number of methoxy groups -OCH3 is 3. The molecule has 0 amide bonds. The summed E-state index contributed by atoms with van der Waals surface area (Å²) in [6.07, 6.45) is 0. The highest BCUT2D eigenvalue weighted by atomic mass is 32.2. The van der Waals surface area contributed by atoms with Gasteiger partial charge in [-0.05, 0) is 43.7 Å². The van der Waals surface area contributed by atoms with Crippen LogP contribution in [0.15, 0.2) is 47.4 Å². The van der Waals surface area contributed by atoms with Crippen LogP contribution in [-0.4, -0.2) is 52.5 Å². The van der Waals surface area contributed by atoms with E-state index in [9.17, 15) is 18.0 Å². The molecule has 0 bridgehead atoms. The summed E-state index contributed by atoms with van der Waals surface area (Å²) in [5, 5.41) is 0. The lowest BCUT2D eigenvalue weighted by Gasteiger charge is -2.28. The summed E-state index contributed by atoms with van der Waals surface area (Å²) >= 11 is 0. The van der Waals surface area contributed by atoms with Gasteiger partial charge in [-0.3, -0.25) is 4.79 Å². The third kappa shape index (κ3) is 4.98. The Morgan fingerprint density at radius 3 is 2.17 bits per heavy atom. The summed E-state index contributed by atoms with van der Waals surface area (Å²) in [6.45, 7) is 2.97. The van der Waals surface area contributed by atoms with Gasteiger partial charge in [0.05, 0.1) is 26.2 Å². The van der Waals surface area contributed by atoms with Gasteiger partial charge >= 0.3 is 11.9 Å². The third-order valence-electron chi connectivity index (χ3n) is 4.68. The average molecular weight is 435 g/mol. The van der Waals surface area contributed by atoms with Gasteiger partial charge in [-0.25, -0.2) is 13.2 Å². The van der Waals surface area contributed by atoms with E-state index in [-0.39, 0.29) is 10.5 Å². The van der Waals surface area contributed by atoms with Gasteiger partial charge in [-0.1, -0.05) is 23.8 Å². The van der Waals surface area contributed by atoms with Crippen LogP contribution in [0.4, 0.5) is 0 Å². The quantitative estimate of drug-likeness (QED) is 0.588. The molecule has 9 heteroatoms. The van der Waals surface area contributed by atoms with Crippen LogP contribution in [-0.2, 0) is 24.3 Å². The first-order valence-electron chi connectivity index (χ1n) is 9.07. The molecular weight excluding hydrogens is 410 g/mol. The van der Waals surface area contributed by atoms with Gasteiger partial charge in [0, 0.05) is 6.04 Å².